The van der Waals surface area contributed by atoms with E-state index in [2.05, 4.69) is 17.0 Å². The monoisotopic (exact) mass is 276 g/mol. The molecule has 0 fully saturated rings. The van der Waals surface area contributed by atoms with E-state index in [0.717, 1.165) is 16.9 Å². The molecule has 0 bridgehead atoms. The summed E-state index contributed by atoms with van der Waals surface area (Å²) < 4.78 is 0. The maximum absolute atomic E-state index is 8.87. The largest absolute Gasteiger partial charge is 0.398 e. The Balaban J connectivity index is 2.40. The smallest absolute Gasteiger partial charge is 0.0670 e. The third-order valence-electron chi connectivity index (χ3n) is 3.22. The maximum atomic E-state index is 8.87. The molecule has 0 aromatic heterocycles. The van der Waals surface area contributed by atoms with E-state index in [-0.39, 0.29) is 6.42 Å². The molecular formula is C17H16N4. The minimum atomic E-state index is 0.278. The molecule has 2 aromatic carbocycles. The lowest BCUT2D eigenvalue weighted by Gasteiger charge is -2.24. The van der Waals surface area contributed by atoms with Crippen molar-refractivity contribution in [2.45, 2.75) is 12.8 Å². The Morgan fingerprint density at radius 1 is 0.952 bits per heavy atom. The van der Waals surface area contributed by atoms with Gasteiger partial charge < -0.3 is 10.6 Å². The van der Waals surface area contributed by atoms with E-state index in [4.69, 9.17) is 16.3 Å². The molecule has 0 atom stereocenters. The van der Waals surface area contributed by atoms with Gasteiger partial charge in [0.15, 0.2) is 0 Å². The van der Waals surface area contributed by atoms with Gasteiger partial charge in [0.1, 0.15) is 0 Å². The standard InChI is InChI=1S/C17H16N4/c18-10-4-12-21(15-5-2-1-3-6-15)16-7-8-17(20)14(13-16)9-11-19/h1-3,5-8,13H,4,9,12,20H2. The van der Waals surface area contributed by atoms with Crippen molar-refractivity contribution >= 4 is 17.1 Å². The number of nitrogen functional groups attached to an aromatic ring is 1. The van der Waals surface area contributed by atoms with Crippen LogP contribution >= 0.6 is 0 Å². The molecule has 4 nitrogen and oxygen atoms in total. The highest BCUT2D eigenvalue weighted by Gasteiger charge is 2.10. The van der Waals surface area contributed by atoms with Gasteiger partial charge in [-0.15, -0.1) is 0 Å². The molecule has 0 radical (unpaired) electrons. The SMILES string of the molecule is N#CCCN(c1ccccc1)c1ccc(N)c(CC#N)c1. The molecule has 0 heterocycles. The van der Waals surface area contributed by atoms with Gasteiger partial charge in [0.05, 0.1) is 25.0 Å². The quantitative estimate of drug-likeness (QED) is 0.849. The van der Waals surface area contributed by atoms with Crippen molar-refractivity contribution in [3.63, 3.8) is 0 Å². The molecule has 0 amide bonds. The molecule has 21 heavy (non-hydrogen) atoms. The first-order chi connectivity index (χ1) is 10.3. The summed E-state index contributed by atoms with van der Waals surface area (Å²) >= 11 is 0. The number of benzene rings is 2. The summed E-state index contributed by atoms with van der Waals surface area (Å²) in [7, 11) is 0. The lowest BCUT2D eigenvalue weighted by Crippen LogP contribution is -2.18. The van der Waals surface area contributed by atoms with Gasteiger partial charge in [-0.1, -0.05) is 18.2 Å². The van der Waals surface area contributed by atoms with Crippen molar-refractivity contribution in [3.8, 4) is 12.1 Å². The maximum Gasteiger partial charge on any atom is 0.0670 e. The van der Waals surface area contributed by atoms with Gasteiger partial charge in [-0.25, -0.2) is 0 Å². The Morgan fingerprint density at radius 2 is 1.71 bits per heavy atom. The Morgan fingerprint density at radius 3 is 2.38 bits per heavy atom. The number of rotatable bonds is 5. The van der Waals surface area contributed by atoms with Crippen LogP contribution in [0, 0.1) is 22.7 Å². The normalized spacial score (nSPS) is 9.62. The second-order valence-electron chi connectivity index (χ2n) is 4.61. The molecule has 0 aliphatic carbocycles. The number of nitrogens with two attached hydrogens (primary N) is 1. The molecular weight excluding hydrogens is 260 g/mol. The second-order valence-corrected chi connectivity index (χ2v) is 4.61. The summed E-state index contributed by atoms with van der Waals surface area (Å²) in [6.07, 6.45) is 0.702. The van der Waals surface area contributed by atoms with E-state index in [0.29, 0.717) is 18.7 Å². The van der Waals surface area contributed by atoms with Crippen LogP contribution in [0.25, 0.3) is 0 Å². The van der Waals surface area contributed by atoms with Gasteiger partial charge in [0.2, 0.25) is 0 Å². The summed E-state index contributed by atoms with van der Waals surface area (Å²) in [5.41, 5.74) is 9.28. The average Bonchev–Trinajstić information content (AvgIpc) is 2.52. The molecule has 2 aromatic rings. The first-order valence-electron chi connectivity index (χ1n) is 6.71. The fourth-order valence-corrected chi connectivity index (χ4v) is 2.18. The Labute approximate surface area is 124 Å². The summed E-state index contributed by atoms with van der Waals surface area (Å²) in [5.74, 6) is 0. The summed E-state index contributed by atoms with van der Waals surface area (Å²) in [6.45, 7) is 0.594. The summed E-state index contributed by atoms with van der Waals surface area (Å²) in [6, 6.07) is 19.8. The average molecular weight is 276 g/mol. The Hall–Kier alpha value is -2.98. The first-order valence-corrected chi connectivity index (χ1v) is 6.71. The molecule has 2 N–H and O–H groups in total. The van der Waals surface area contributed by atoms with Crippen LogP contribution in [0.5, 0.6) is 0 Å². The molecule has 0 aliphatic heterocycles. The van der Waals surface area contributed by atoms with Crippen molar-refractivity contribution in [2.24, 2.45) is 0 Å². The van der Waals surface area contributed by atoms with Gasteiger partial charge >= 0.3 is 0 Å². The number of nitrogens with zero attached hydrogens (tertiary/aromatic N) is 3. The Bertz CT molecular complexity index is 680. The van der Waals surface area contributed by atoms with Gasteiger partial charge in [0.25, 0.3) is 0 Å². The lowest BCUT2D eigenvalue weighted by molar-refractivity contribution is 0.947. The zero-order valence-corrected chi connectivity index (χ0v) is 11.7. The highest BCUT2D eigenvalue weighted by atomic mass is 15.1. The topological polar surface area (TPSA) is 76.8 Å². The van der Waals surface area contributed by atoms with E-state index in [1.54, 1.807) is 0 Å². The lowest BCUT2D eigenvalue weighted by atomic mass is 10.1. The van der Waals surface area contributed by atoms with Crippen LogP contribution in [0.4, 0.5) is 17.1 Å². The van der Waals surface area contributed by atoms with Crippen molar-refractivity contribution < 1.29 is 0 Å². The van der Waals surface area contributed by atoms with Gasteiger partial charge in [0, 0.05) is 23.6 Å². The van der Waals surface area contributed by atoms with E-state index >= 15 is 0 Å². The van der Waals surface area contributed by atoms with Crippen LogP contribution in [0.2, 0.25) is 0 Å². The van der Waals surface area contributed by atoms with Crippen LogP contribution in [0.15, 0.2) is 48.5 Å². The van der Waals surface area contributed by atoms with Crippen molar-refractivity contribution in [1.29, 1.82) is 10.5 Å². The number of hydrogen-bond donors (Lipinski definition) is 1. The molecule has 104 valence electrons. The van der Waals surface area contributed by atoms with Gasteiger partial charge in [-0.3, -0.25) is 0 Å². The first kappa shape index (κ1) is 14.4. The van der Waals surface area contributed by atoms with Crippen LogP contribution in [0.3, 0.4) is 0 Å². The predicted octanol–water partition coefficient (Wildman–Crippen LogP) is 3.39. The number of nitriles is 2. The third-order valence-corrected chi connectivity index (χ3v) is 3.22. The van der Waals surface area contributed by atoms with E-state index in [1.807, 2.05) is 48.5 Å². The van der Waals surface area contributed by atoms with E-state index in [1.165, 1.54) is 0 Å². The number of para-hydroxylation sites is 1. The fourth-order valence-electron chi connectivity index (χ4n) is 2.18. The van der Waals surface area contributed by atoms with Crippen LogP contribution in [0.1, 0.15) is 12.0 Å². The highest BCUT2D eigenvalue weighted by Crippen LogP contribution is 2.28. The Kier molecular flexibility index (Phi) is 4.79. The van der Waals surface area contributed by atoms with Crippen molar-refractivity contribution in [1.82, 2.24) is 0 Å². The summed E-state index contributed by atoms with van der Waals surface area (Å²) in [5, 5.41) is 17.7. The second kappa shape index (κ2) is 6.98. The molecule has 0 aliphatic rings. The number of anilines is 3. The van der Waals surface area contributed by atoms with E-state index < -0.39 is 0 Å². The van der Waals surface area contributed by atoms with Crippen molar-refractivity contribution in [2.75, 3.05) is 17.2 Å². The van der Waals surface area contributed by atoms with Crippen LogP contribution < -0.4 is 10.6 Å². The zero-order chi connectivity index (χ0) is 15.1. The molecule has 4 heteroatoms. The molecule has 2 rings (SSSR count). The molecule has 0 unspecified atom stereocenters. The highest BCUT2D eigenvalue weighted by molar-refractivity contribution is 5.67. The predicted molar refractivity (Wildman–Crippen MR) is 83.8 cm³/mol. The zero-order valence-electron chi connectivity index (χ0n) is 11.7. The summed E-state index contributed by atoms with van der Waals surface area (Å²) in [4.78, 5) is 2.06. The minimum Gasteiger partial charge on any atom is -0.398 e. The number of hydrogen-bond acceptors (Lipinski definition) is 4. The van der Waals surface area contributed by atoms with Gasteiger partial charge in [-0.2, -0.15) is 10.5 Å². The van der Waals surface area contributed by atoms with Crippen LogP contribution in [-0.2, 0) is 6.42 Å². The van der Waals surface area contributed by atoms with E-state index in [9.17, 15) is 0 Å². The molecule has 0 spiro atoms. The fraction of sp³-hybridized carbons (Fsp3) is 0.176. The minimum absolute atomic E-state index is 0.278. The molecule has 0 saturated heterocycles. The third kappa shape index (κ3) is 3.52. The van der Waals surface area contributed by atoms with Crippen molar-refractivity contribution in [3.05, 3.63) is 54.1 Å². The molecule has 0 saturated carbocycles. The van der Waals surface area contributed by atoms with Crippen LogP contribution in [-0.4, -0.2) is 6.54 Å². The van der Waals surface area contributed by atoms with Gasteiger partial charge in [-0.05, 0) is 35.9 Å².